The van der Waals surface area contributed by atoms with Crippen LogP contribution in [0.15, 0.2) is 42.7 Å². The van der Waals surface area contributed by atoms with Crippen LogP contribution in [0.1, 0.15) is 12.8 Å². The number of nitrogen functional groups attached to an aromatic ring is 1. The van der Waals surface area contributed by atoms with Gasteiger partial charge in [-0.2, -0.15) is 5.10 Å². The Bertz CT molecular complexity index is 1300. The van der Waals surface area contributed by atoms with Crippen molar-refractivity contribution >= 4 is 28.3 Å². The quantitative estimate of drug-likeness (QED) is 0.482. The predicted octanol–water partition coefficient (Wildman–Crippen LogP) is 4.20. The van der Waals surface area contributed by atoms with Gasteiger partial charge in [0.15, 0.2) is 5.82 Å². The Kier molecular flexibility index (Phi) is 5.40. The van der Waals surface area contributed by atoms with Crippen LogP contribution < -0.4 is 15.8 Å². The fourth-order valence-electron chi connectivity index (χ4n) is 3.92. The van der Waals surface area contributed by atoms with Crippen LogP contribution in [0.4, 0.5) is 10.2 Å². The molecule has 1 fully saturated rings. The van der Waals surface area contributed by atoms with E-state index in [1.807, 2.05) is 25.4 Å². The van der Waals surface area contributed by atoms with Gasteiger partial charge in [-0.15, -0.1) is 0 Å². The Labute approximate surface area is 189 Å². The molecule has 0 unspecified atom stereocenters. The number of nitrogens with zero attached hydrogens (tertiary/aromatic N) is 4. The summed E-state index contributed by atoms with van der Waals surface area (Å²) >= 11 is 5.95. The lowest BCUT2D eigenvalue weighted by Gasteiger charge is -2.25. The largest absolute Gasteiger partial charge is 0.490 e. The first-order valence-electron chi connectivity index (χ1n) is 10.4. The van der Waals surface area contributed by atoms with Crippen LogP contribution in [0, 0.1) is 5.82 Å². The average molecular weight is 453 g/mol. The molecule has 164 valence electrons. The topological polar surface area (TPSA) is 90.9 Å². The van der Waals surface area contributed by atoms with E-state index in [0.717, 1.165) is 42.8 Å². The molecular formula is C23H22ClFN6O. The summed E-state index contributed by atoms with van der Waals surface area (Å²) < 4.78 is 21.8. The molecule has 0 bridgehead atoms. The van der Waals surface area contributed by atoms with Gasteiger partial charge < -0.3 is 15.8 Å². The predicted molar refractivity (Wildman–Crippen MR) is 123 cm³/mol. The number of fused-ring (bicyclic) bond motifs is 1. The van der Waals surface area contributed by atoms with Crippen LogP contribution in [0.5, 0.6) is 5.75 Å². The summed E-state index contributed by atoms with van der Waals surface area (Å²) in [5, 5.41) is 8.36. The standard InChI is InChI=1S/C23H22ClFN6O/c1-31-12-14(11-28-31)16-9-20-17(10-21(16)32-15-4-6-27-7-5-15)22(26)30-23(29-20)13-2-3-19(25)18(24)8-13/h2-3,8-12,15,27H,4-7H2,1H3,(H2,26,29,30). The second-order valence-corrected chi connectivity index (χ2v) is 8.30. The Hall–Kier alpha value is -3.23. The molecule has 0 atom stereocenters. The molecule has 1 aliphatic rings. The van der Waals surface area contributed by atoms with Crippen molar-refractivity contribution in [2.75, 3.05) is 18.8 Å². The lowest BCUT2D eigenvalue weighted by Crippen LogP contribution is -2.34. The maximum absolute atomic E-state index is 13.6. The van der Waals surface area contributed by atoms with Gasteiger partial charge in [-0.05, 0) is 56.3 Å². The molecular weight excluding hydrogens is 431 g/mol. The van der Waals surface area contributed by atoms with Gasteiger partial charge in [0.2, 0.25) is 0 Å². The van der Waals surface area contributed by atoms with E-state index in [2.05, 4.69) is 15.4 Å². The summed E-state index contributed by atoms with van der Waals surface area (Å²) in [4.78, 5) is 9.13. The van der Waals surface area contributed by atoms with Crippen molar-refractivity contribution in [2.24, 2.45) is 7.05 Å². The van der Waals surface area contributed by atoms with E-state index < -0.39 is 5.82 Å². The molecule has 2 aromatic heterocycles. The molecule has 0 aliphatic carbocycles. The number of benzene rings is 2. The molecule has 9 heteroatoms. The number of halogens is 2. The molecule has 0 radical (unpaired) electrons. The van der Waals surface area contributed by atoms with Gasteiger partial charge in [0.1, 0.15) is 23.5 Å². The highest BCUT2D eigenvalue weighted by molar-refractivity contribution is 6.31. The first kappa shape index (κ1) is 20.7. The Morgan fingerprint density at radius 3 is 2.69 bits per heavy atom. The van der Waals surface area contributed by atoms with Crippen LogP contribution in [-0.2, 0) is 7.05 Å². The third-order valence-electron chi connectivity index (χ3n) is 5.60. The molecule has 0 spiro atoms. The van der Waals surface area contributed by atoms with E-state index in [1.54, 1.807) is 16.9 Å². The van der Waals surface area contributed by atoms with E-state index in [1.165, 1.54) is 12.1 Å². The SMILES string of the molecule is Cn1cc(-c2cc3nc(-c4ccc(F)c(Cl)c4)nc(N)c3cc2OC2CCNCC2)cn1. The van der Waals surface area contributed by atoms with Gasteiger partial charge in [-0.3, -0.25) is 4.68 Å². The molecule has 0 amide bonds. The number of anilines is 1. The lowest BCUT2D eigenvalue weighted by atomic mass is 10.0. The summed E-state index contributed by atoms with van der Waals surface area (Å²) in [6.07, 6.45) is 5.71. The minimum Gasteiger partial charge on any atom is -0.490 e. The fraction of sp³-hybridized carbons (Fsp3) is 0.261. The zero-order valence-electron chi connectivity index (χ0n) is 17.5. The smallest absolute Gasteiger partial charge is 0.162 e. The molecule has 1 saturated heterocycles. The number of aryl methyl sites for hydroxylation is 1. The summed E-state index contributed by atoms with van der Waals surface area (Å²) in [6.45, 7) is 1.85. The van der Waals surface area contributed by atoms with E-state index in [9.17, 15) is 4.39 Å². The first-order valence-corrected chi connectivity index (χ1v) is 10.8. The van der Waals surface area contributed by atoms with Gasteiger partial charge >= 0.3 is 0 Å². The van der Waals surface area contributed by atoms with Crippen LogP contribution in [-0.4, -0.2) is 38.9 Å². The minimum atomic E-state index is -0.497. The van der Waals surface area contributed by atoms with Crippen molar-refractivity contribution in [3.63, 3.8) is 0 Å². The number of aromatic nitrogens is 4. The second-order valence-electron chi connectivity index (χ2n) is 7.90. The molecule has 4 aromatic rings. The molecule has 0 saturated carbocycles. The third kappa shape index (κ3) is 3.99. The highest BCUT2D eigenvalue weighted by Crippen LogP contribution is 2.37. The van der Waals surface area contributed by atoms with Crippen LogP contribution >= 0.6 is 11.6 Å². The lowest BCUT2D eigenvalue weighted by molar-refractivity contribution is 0.163. The number of piperidine rings is 1. The number of hydrogen-bond acceptors (Lipinski definition) is 6. The third-order valence-corrected chi connectivity index (χ3v) is 5.89. The van der Waals surface area contributed by atoms with E-state index >= 15 is 0 Å². The maximum atomic E-state index is 13.6. The van der Waals surface area contributed by atoms with Crippen LogP contribution in [0.2, 0.25) is 5.02 Å². The zero-order chi connectivity index (χ0) is 22.2. The van der Waals surface area contributed by atoms with Gasteiger partial charge in [0.25, 0.3) is 0 Å². The normalized spacial score (nSPS) is 14.7. The van der Waals surface area contributed by atoms with E-state index in [4.69, 9.17) is 27.1 Å². The van der Waals surface area contributed by atoms with Gasteiger partial charge in [0.05, 0.1) is 16.7 Å². The molecule has 3 N–H and O–H groups in total. The van der Waals surface area contributed by atoms with E-state index in [0.29, 0.717) is 28.1 Å². The van der Waals surface area contributed by atoms with Crippen molar-refractivity contribution < 1.29 is 9.13 Å². The van der Waals surface area contributed by atoms with Crippen molar-refractivity contribution in [1.82, 2.24) is 25.1 Å². The number of nitrogens with two attached hydrogens (primary N) is 1. The fourth-order valence-corrected chi connectivity index (χ4v) is 4.10. The summed E-state index contributed by atoms with van der Waals surface area (Å²) in [5.41, 5.74) is 9.36. The minimum absolute atomic E-state index is 0.00605. The average Bonchev–Trinajstić information content (AvgIpc) is 3.22. The second kappa shape index (κ2) is 8.37. The highest BCUT2D eigenvalue weighted by atomic mass is 35.5. The maximum Gasteiger partial charge on any atom is 0.162 e. The van der Waals surface area contributed by atoms with Crippen molar-refractivity contribution in [2.45, 2.75) is 18.9 Å². The Morgan fingerprint density at radius 2 is 1.97 bits per heavy atom. The summed E-state index contributed by atoms with van der Waals surface area (Å²) in [6, 6.07) is 8.21. The molecule has 5 rings (SSSR count). The van der Waals surface area contributed by atoms with Gasteiger partial charge in [0, 0.05) is 35.3 Å². The molecule has 3 heterocycles. The molecule has 32 heavy (non-hydrogen) atoms. The Balaban J connectivity index is 1.64. The van der Waals surface area contributed by atoms with Crippen molar-refractivity contribution in [1.29, 1.82) is 0 Å². The molecule has 2 aromatic carbocycles. The van der Waals surface area contributed by atoms with Gasteiger partial charge in [-0.25, -0.2) is 14.4 Å². The monoisotopic (exact) mass is 452 g/mol. The number of nitrogens with one attached hydrogen (secondary N) is 1. The Morgan fingerprint density at radius 1 is 1.16 bits per heavy atom. The van der Waals surface area contributed by atoms with Gasteiger partial charge in [-0.1, -0.05) is 11.6 Å². The first-order chi connectivity index (χ1) is 15.5. The highest BCUT2D eigenvalue weighted by Gasteiger charge is 2.20. The zero-order valence-corrected chi connectivity index (χ0v) is 18.2. The van der Waals surface area contributed by atoms with Crippen molar-refractivity contribution in [3.05, 3.63) is 53.6 Å². The van der Waals surface area contributed by atoms with E-state index in [-0.39, 0.29) is 11.1 Å². The molecule has 7 nitrogen and oxygen atoms in total. The van der Waals surface area contributed by atoms with Crippen molar-refractivity contribution in [3.8, 4) is 28.3 Å². The number of hydrogen-bond donors (Lipinski definition) is 2. The summed E-state index contributed by atoms with van der Waals surface area (Å²) in [7, 11) is 1.87. The number of ether oxygens (including phenoxy) is 1. The number of rotatable bonds is 4. The summed E-state index contributed by atoms with van der Waals surface area (Å²) in [5.74, 6) is 0.924. The van der Waals surface area contributed by atoms with Crippen LogP contribution in [0.25, 0.3) is 33.4 Å². The van der Waals surface area contributed by atoms with Crippen LogP contribution in [0.3, 0.4) is 0 Å². The molecule has 1 aliphatic heterocycles.